The van der Waals surface area contributed by atoms with E-state index in [1.807, 2.05) is 18.2 Å². The lowest BCUT2D eigenvalue weighted by molar-refractivity contribution is -0.191. The minimum atomic E-state index is -0.561. The smallest absolute Gasteiger partial charge is 0.230 e. The van der Waals surface area contributed by atoms with Gasteiger partial charge in [-0.15, -0.1) is 22.7 Å². The highest BCUT2D eigenvalue weighted by atomic mass is 32.1. The molecule has 1 spiro atoms. The number of ether oxygens (including phenoxy) is 3. The summed E-state index contributed by atoms with van der Waals surface area (Å²) in [4.78, 5) is 3.47. The van der Waals surface area contributed by atoms with Crippen LogP contribution in [0.25, 0.3) is 12.2 Å². The van der Waals surface area contributed by atoms with E-state index in [0.29, 0.717) is 0 Å². The number of allylic oxidation sites excluding steroid dienone is 2. The highest BCUT2D eigenvalue weighted by Crippen LogP contribution is 2.44. The molecule has 168 valence electrons. The molecule has 1 saturated heterocycles. The Hall–Kier alpha value is -2.12. The normalized spacial score (nSPS) is 29.3. The Bertz CT molecular complexity index is 1040. The largest absolute Gasteiger partial charge is 0.478 e. The van der Waals surface area contributed by atoms with Gasteiger partial charge >= 0.3 is 0 Å². The summed E-state index contributed by atoms with van der Waals surface area (Å²) in [5, 5.41) is 11.4. The fraction of sp³-hybridized carbons (Fsp3) is 0.385. The van der Waals surface area contributed by atoms with Crippen LogP contribution >= 0.6 is 22.7 Å². The van der Waals surface area contributed by atoms with Crippen molar-refractivity contribution in [3.63, 3.8) is 0 Å². The summed E-state index contributed by atoms with van der Waals surface area (Å²) in [6.45, 7) is 0.953. The van der Waals surface area contributed by atoms with Crippen LogP contribution in [0, 0.1) is 0 Å². The van der Waals surface area contributed by atoms with Crippen molar-refractivity contribution in [1.29, 1.82) is 0 Å². The summed E-state index contributed by atoms with van der Waals surface area (Å²) in [5.41, 5.74) is -0.486. The van der Waals surface area contributed by atoms with E-state index in [1.54, 1.807) is 22.7 Å². The summed E-state index contributed by atoms with van der Waals surface area (Å²) >= 11 is 3.42. The summed E-state index contributed by atoms with van der Waals surface area (Å²) in [5.74, 6) is 1.16. The maximum absolute atomic E-state index is 9.28. The lowest BCUT2D eigenvalue weighted by Crippen LogP contribution is -2.34. The number of aliphatic hydroxyl groups is 1. The maximum Gasteiger partial charge on any atom is 0.230 e. The zero-order chi connectivity index (χ0) is 21.9. The molecule has 5 rings (SSSR count). The van der Waals surface area contributed by atoms with Crippen molar-refractivity contribution in [3.05, 3.63) is 80.1 Å². The van der Waals surface area contributed by atoms with Crippen molar-refractivity contribution in [2.45, 2.75) is 49.9 Å². The third-order valence-electron chi connectivity index (χ3n) is 5.99. The number of rotatable bonds is 7. The second kappa shape index (κ2) is 9.40. The van der Waals surface area contributed by atoms with Gasteiger partial charge in [0.05, 0.1) is 11.5 Å². The molecule has 0 aliphatic carbocycles. The lowest BCUT2D eigenvalue weighted by atomic mass is 9.95. The molecule has 2 atom stereocenters. The van der Waals surface area contributed by atoms with E-state index < -0.39 is 11.4 Å². The van der Waals surface area contributed by atoms with Crippen LogP contribution in [0.2, 0.25) is 0 Å². The molecule has 0 amide bonds. The second-order valence-electron chi connectivity index (χ2n) is 8.37. The van der Waals surface area contributed by atoms with Gasteiger partial charge in [0.1, 0.15) is 11.5 Å². The Morgan fingerprint density at radius 3 is 2.66 bits per heavy atom. The molecule has 5 heterocycles. The van der Waals surface area contributed by atoms with Crippen molar-refractivity contribution in [2.75, 3.05) is 13.2 Å². The van der Waals surface area contributed by atoms with E-state index in [1.165, 1.54) is 9.75 Å². The van der Waals surface area contributed by atoms with Crippen molar-refractivity contribution in [2.24, 2.45) is 0 Å². The van der Waals surface area contributed by atoms with Gasteiger partial charge in [-0.2, -0.15) is 0 Å². The molecule has 3 aliphatic rings. The van der Waals surface area contributed by atoms with Gasteiger partial charge < -0.3 is 19.3 Å². The van der Waals surface area contributed by atoms with Crippen molar-refractivity contribution < 1.29 is 19.3 Å². The van der Waals surface area contributed by atoms with Gasteiger partial charge in [0.15, 0.2) is 5.60 Å². The van der Waals surface area contributed by atoms with Crippen LogP contribution in [0.1, 0.15) is 53.2 Å². The van der Waals surface area contributed by atoms with Crippen molar-refractivity contribution in [3.8, 4) is 0 Å². The van der Waals surface area contributed by atoms with Crippen LogP contribution in [0.3, 0.4) is 0 Å². The molecule has 2 aromatic heterocycles. The average molecular weight is 469 g/mol. The van der Waals surface area contributed by atoms with Gasteiger partial charge in [-0.3, -0.25) is 0 Å². The highest BCUT2D eigenvalue weighted by molar-refractivity contribution is 7.13. The monoisotopic (exact) mass is 468 g/mol. The fourth-order valence-corrected chi connectivity index (χ4v) is 6.07. The van der Waals surface area contributed by atoms with Crippen LogP contribution in [-0.4, -0.2) is 24.1 Å². The zero-order valence-corrected chi connectivity index (χ0v) is 19.6. The number of aliphatic hydroxyl groups excluding tert-OH is 1. The summed E-state index contributed by atoms with van der Waals surface area (Å²) in [7, 11) is 0. The predicted molar refractivity (Wildman–Crippen MR) is 130 cm³/mol. The maximum atomic E-state index is 9.28. The van der Waals surface area contributed by atoms with Crippen LogP contribution < -0.4 is 0 Å². The molecule has 3 aliphatic heterocycles. The van der Waals surface area contributed by atoms with Gasteiger partial charge in [-0.05, 0) is 92.1 Å². The molecule has 1 N–H and O–H groups in total. The molecule has 2 aromatic rings. The molecule has 32 heavy (non-hydrogen) atoms. The average Bonchev–Trinajstić information content (AvgIpc) is 3.59. The molecule has 0 saturated carbocycles. The first kappa shape index (κ1) is 21.7. The van der Waals surface area contributed by atoms with Crippen molar-refractivity contribution >= 4 is 34.8 Å². The zero-order valence-electron chi connectivity index (χ0n) is 18.0. The van der Waals surface area contributed by atoms with Gasteiger partial charge in [-0.25, -0.2) is 0 Å². The lowest BCUT2D eigenvalue weighted by Gasteiger charge is -2.31. The minimum absolute atomic E-state index is 0.201. The third kappa shape index (κ3) is 4.64. The molecule has 2 unspecified atom stereocenters. The molecular formula is C26H28O4S2. The molecule has 0 radical (unpaired) electrons. The highest BCUT2D eigenvalue weighted by Gasteiger charge is 2.38. The second-order valence-corrected chi connectivity index (χ2v) is 10.5. The van der Waals surface area contributed by atoms with Gasteiger partial charge in [0, 0.05) is 22.8 Å². The summed E-state index contributed by atoms with van der Waals surface area (Å²) < 4.78 is 18.6. The van der Waals surface area contributed by atoms with E-state index >= 15 is 0 Å². The summed E-state index contributed by atoms with van der Waals surface area (Å²) in [6, 6.07) is 8.42. The van der Waals surface area contributed by atoms with Crippen LogP contribution in [0.4, 0.5) is 0 Å². The quantitative estimate of drug-likeness (QED) is 0.464. The van der Waals surface area contributed by atoms with Gasteiger partial charge in [0.25, 0.3) is 0 Å². The standard InChI is InChI=1S/C26H28O4S2/c27-15-3-1-11-25(13-9-20(29-25)18-22-6-5-17-31-22)24-8-7-23(32-24)19-21-10-14-26(30-21)12-2-4-16-28-26/h5-10,13-14,17-19,27H,1-4,11-12,15-16H2. The van der Waals surface area contributed by atoms with Crippen molar-refractivity contribution in [1.82, 2.24) is 0 Å². The Balaban J connectivity index is 1.35. The van der Waals surface area contributed by atoms with Crippen LogP contribution in [-0.2, 0) is 19.8 Å². The molecule has 0 bridgehead atoms. The van der Waals surface area contributed by atoms with Gasteiger partial charge in [-0.1, -0.05) is 6.07 Å². The van der Waals surface area contributed by atoms with E-state index in [-0.39, 0.29) is 6.61 Å². The Morgan fingerprint density at radius 1 is 0.969 bits per heavy atom. The van der Waals surface area contributed by atoms with E-state index in [0.717, 1.165) is 61.5 Å². The Labute approximate surface area is 197 Å². The molecule has 6 heteroatoms. The molecule has 0 aromatic carbocycles. The first-order valence-electron chi connectivity index (χ1n) is 11.3. The van der Waals surface area contributed by atoms with E-state index in [9.17, 15) is 5.11 Å². The molecule has 4 nitrogen and oxygen atoms in total. The van der Waals surface area contributed by atoms with E-state index in [2.05, 4.69) is 47.9 Å². The number of unbranched alkanes of at least 4 members (excludes halogenated alkanes) is 1. The third-order valence-corrected chi connectivity index (χ3v) is 8.00. The SMILES string of the molecule is OCCCCC1(c2ccc(C=C3C=CC4(CCCCO4)O3)s2)C=CC(=Cc2cccs2)O1. The number of hydrogen-bond acceptors (Lipinski definition) is 6. The first-order valence-corrected chi connectivity index (χ1v) is 13.0. The summed E-state index contributed by atoms with van der Waals surface area (Å²) in [6.07, 6.45) is 18.1. The minimum Gasteiger partial charge on any atom is -0.478 e. The first-order chi connectivity index (χ1) is 15.7. The fourth-order valence-electron chi connectivity index (χ4n) is 4.33. The number of thiophene rings is 2. The topological polar surface area (TPSA) is 47.9 Å². The Morgan fingerprint density at radius 2 is 1.84 bits per heavy atom. The van der Waals surface area contributed by atoms with E-state index in [4.69, 9.17) is 14.2 Å². The molecule has 1 fully saturated rings. The Kier molecular flexibility index (Phi) is 6.37. The van der Waals surface area contributed by atoms with Crippen LogP contribution in [0.15, 0.2) is 65.5 Å². The number of hydrogen-bond donors (Lipinski definition) is 1. The molecular weight excluding hydrogens is 440 g/mol. The van der Waals surface area contributed by atoms with Gasteiger partial charge in [0.2, 0.25) is 5.79 Å². The van der Waals surface area contributed by atoms with Crippen LogP contribution in [0.5, 0.6) is 0 Å². The predicted octanol–water partition coefficient (Wildman–Crippen LogP) is 6.62.